The lowest BCUT2D eigenvalue weighted by Gasteiger charge is -2.27. The highest BCUT2D eigenvalue weighted by atomic mass is 32.1. The van der Waals surface area contributed by atoms with Crippen LogP contribution in [0, 0.1) is 0 Å². The Balaban J connectivity index is 1.50. The van der Waals surface area contributed by atoms with Crippen molar-refractivity contribution in [2.45, 2.75) is 44.8 Å². The van der Waals surface area contributed by atoms with E-state index in [2.05, 4.69) is 0 Å². The molecule has 1 amide bonds. The maximum atomic E-state index is 13.0. The van der Waals surface area contributed by atoms with Crippen LogP contribution in [0.1, 0.15) is 37.0 Å². The molecule has 0 bridgehead atoms. The van der Waals surface area contributed by atoms with Crippen molar-refractivity contribution >= 4 is 22.9 Å². The second-order valence-electron chi connectivity index (χ2n) is 6.96. The average molecular weight is 388 g/mol. The largest absolute Gasteiger partial charge is 0.486 e. The molecule has 0 radical (unpaired) electrons. The first-order valence-corrected chi connectivity index (χ1v) is 10.5. The summed E-state index contributed by atoms with van der Waals surface area (Å²) < 4.78 is 17.2. The highest BCUT2D eigenvalue weighted by Crippen LogP contribution is 2.35. The van der Waals surface area contributed by atoms with Crippen LogP contribution in [0.4, 0.5) is 5.69 Å². The molecule has 1 aromatic carbocycles. The molecule has 0 N–H and O–H groups in total. The molecule has 1 aliphatic heterocycles. The molecule has 5 nitrogen and oxygen atoms in total. The van der Waals surface area contributed by atoms with E-state index in [4.69, 9.17) is 14.2 Å². The Hall–Kier alpha value is -2.05. The highest BCUT2D eigenvalue weighted by Gasteiger charge is 2.22. The summed E-state index contributed by atoms with van der Waals surface area (Å²) in [5, 5.41) is 2.03. The number of amides is 1. The van der Waals surface area contributed by atoms with Gasteiger partial charge >= 0.3 is 0 Å². The van der Waals surface area contributed by atoms with E-state index in [9.17, 15) is 4.79 Å². The zero-order chi connectivity index (χ0) is 18.5. The number of fused-ring (bicyclic) bond motifs is 1. The van der Waals surface area contributed by atoms with E-state index in [1.807, 2.05) is 35.7 Å². The van der Waals surface area contributed by atoms with Crippen LogP contribution in [0.25, 0.3) is 0 Å². The van der Waals surface area contributed by atoms with Gasteiger partial charge in [0, 0.05) is 16.6 Å². The van der Waals surface area contributed by atoms with Crippen molar-refractivity contribution in [1.29, 1.82) is 0 Å². The second-order valence-corrected chi connectivity index (χ2v) is 7.99. The number of hydrogen-bond acceptors (Lipinski definition) is 5. The Labute approximate surface area is 163 Å². The molecule has 4 rings (SSSR count). The number of hydrogen-bond donors (Lipinski definition) is 0. The number of ether oxygens (including phenoxy) is 3. The normalized spacial score (nSPS) is 16.9. The van der Waals surface area contributed by atoms with E-state index < -0.39 is 0 Å². The van der Waals surface area contributed by atoms with Crippen LogP contribution >= 0.6 is 11.3 Å². The summed E-state index contributed by atoms with van der Waals surface area (Å²) in [6.45, 7) is 1.73. The van der Waals surface area contributed by atoms with Gasteiger partial charge < -0.3 is 19.1 Å². The minimum Gasteiger partial charge on any atom is -0.486 e. The molecule has 1 aromatic heterocycles. The van der Waals surface area contributed by atoms with Gasteiger partial charge in [0.2, 0.25) is 0 Å². The lowest BCUT2D eigenvalue weighted by Crippen LogP contribution is -2.35. The fourth-order valence-electron chi connectivity index (χ4n) is 3.58. The predicted molar refractivity (Wildman–Crippen MR) is 106 cm³/mol. The molecule has 2 heterocycles. The molecule has 0 saturated heterocycles. The molecule has 0 unspecified atom stereocenters. The number of carbonyl (C=O) groups excluding carboxylic acids is 1. The number of anilines is 1. The van der Waals surface area contributed by atoms with Gasteiger partial charge in [-0.2, -0.15) is 0 Å². The Morgan fingerprint density at radius 1 is 1.11 bits per heavy atom. The first kappa shape index (κ1) is 18.3. The van der Waals surface area contributed by atoms with E-state index >= 15 is 0 Å². The minimum atomic E-state index is -0.0225. The minimum absolute atomic E-state index is 0.0225. The fraction of sp³-hybridized carbons (Fsp3) is 0.476. The molecular formula is C21H25NO4S. The van der Waals surface area contributed by atoms with Gasteiger partial charge in [-0.05, 0) is 36.4 Å². The molecule has 2 aliphatic rings. The lowest BCUT2D eigenvalue weighted by molar-refractivity contribution is -0.125. The van der Waals surface area contributed by atoms with Crippen LogP contribution in [-0.2, 0) is 16.1 Å². The maximum absolute atomic E-state index is 13.0. The number of thiophene rings is 1. The zero-order valence-electron chi connectivity index (χ0n) is 15.4. The number of rotatable bonds is 6. The van der Waals surface area contributed by atoms with Gasteiger partial charge in [-0.1, -0.05) is 25.3 Å². The van der Waals surface area contributed by atoms with Gasteiger partial charge in [-0.3, -0.25) is 4.79 Å². The summed E-state index contributed by atoms with van der Waals surface area (Å²) in [5.41, 5.74) is 0.810. The summed E-state index contributed by atoms with van der Waals surface area (Å²) >= 11 is 1.65. The van der Waals surface area contributed by atoms with E-state index in [1.165, 1.54) is 19.3 Å². The Morgan fingerprint density at radius 3 is 2.70 bits per heavy atom. The Kier molecular flexibility index (Phi) is 5.94. The lowest BCUT2D eigenvalue weighted by atomic mass is 9.98. The molecule has 144 valence electrons. The SMILES string of the molecule is O=C(COC1CCCCC1)N(Cc1cccs1)c1ccc2c(c1)OCCO2. The van der Waals surface area contributed by atoms with Crippen molar-refractivity contribution in [3.05, 3.63) is 40.6 Å². The molecule has 0 spiro atoms. The molecule has 2 aromatic rings. The number of nitrogens with zero attached hydrogens (tertiary/aromatic N) is 1. The van der Waals surface area contributed by atoms with Crippen molar-refractivity contribution < 1.29 is 19.0 Å². The van der Waals surface area contributed by atoms with Gasteiger partial charge in [-0.25, -0.2) is 0 Å². The number of benzene rings is 1. The van der Waals surface area contributed by atoms with Crippen molar-refractivity contribution in [3.63, 3.8) is 0 Å². The van der Waals surface area contributed by atoms with Crippen LogP contribution in [0.2, 0.25) is 0 Å². The summed E-state index contributed by atoms with van der Waals surface area (Å²) in [5.74, 6) is 1.40. The van der Waals surface area contributed by atoms with Crippen molar-refractivity contribution in [2.24, 2.45) is 0 Å². The molecule has 1 aliphatic carbocycles. The van der Waals surface area contributed by atoms with Gasteiger partial charge in [0.1, 0.15) is 19.8 Å². The van der Waals surface area contributed by atoms with Gasteiger partial charge in [0.15, 0.2) is 11.5 Å². The summed E-state index contributed by atoms with van der Waals surface area (Å²) in [4.78, 5) is 15.9. The van der Waals surface area contributed by atoms with Crippen LogP contribution < -0.4 is 14.4 Å². The molecule has 6 heteroatoms. The standard InChI is InChI=1S/C21H25NO4S/c23-21(15-26-17-5-2-1-3-6-17)22(14-18-7-4-12-27-18)16-8-9-19-20(13-16)25-11-10-24-19/h4,7-9,12-13,17H,1-3,5-6,10-11,14-15H2. The van der Waals surface area contributed by atoms with Gasteiger partial charge in [-0.15, -0.1) is 11.3 Å². The summed E-state index contributed by atoms with van der Waals surface area (Å²) in [6, 6.07) is 9.73. The summed E-state index contributed by atoms with van der Waals surface area (Å²) in [6.07, 6.45) is 5.99. The number of carbonyl (C=O) groups is 1. The van der Waals surface area contributed by atoms with E-state index in [0.29, 0.717) is 25.5 Å². The third kappa shape index (κ3) is 4.62. The van der Waals surface area contributed by atoms with Crippen LogP contribution in [0.3, 0.4) is 0 Å². The van der Waals surface area contributed by atoms with Crippen LogP contribution in [-0.4, -0.2) is 31.8 Å². The van der Waals surface area contributed by atoms with Crippen molar-refractivity contribution in [3.8, 4) is 11.5 Å². The molecule has 1 saturated carbocycles. The van der Waals surface area contributed by atoms with Crippen LogP contribution in [0.5, 0.6) is 11.5 Å². The monoisotopic (exact) mass is 387 g/mol. The van der Waals surface area contributed by atoms with Crippen LogP contribution in [0.15, 0.2) is 35.7 Å². The smallest absolute Gasteiger partial charge is 0.253 e. The third-order valence-electron chi connectivity index (χ3n) is 5.03. The third-order valence-corrected chi connectivity index (χ3v) is 5.89. The van der Waals surface area contributed by atoms with Crippen molar-refractivity contribution in [2.75, 3.05) is 24.7 Å². The first-order valence-electron chi connectivity index (χ1n) is 9.63. The summed E-state index contributed by atoms with van der Waals surface area (Å²) in [7, 11) is 0. The molecular weight excluding hydrogens is 362 g/mol. The zero-order valence-corrected chi connectivity index (χ0v) is 16.2. The predicted octanol–water partition coefficient (Wildman–Crippen LogP) is 4.40. The Bertz CT molecular complexity index is 756. The van der Waals surface area contributed by atoms with E-state index in [0.717, 1.165) is 29.2 Å². The first-order chi connectivity index (χ1) is 13.3. The molecule has 1 fully saturated rings. The quantitative estimate of drug-likeness (QED) is 0.737. The Morgan fingerprint density at radius 2 is 1.93 bits per heavy atom. The average Bonchev–Trinajstić information content (AvgIpc) is 3.24. The van der Waals surface area contributed by atoms with Gasteiger partial charge in [0.05, 0.1) is 12.6 Å². The topological polar surface area (TPSA) is 48.0 Å². The highest BCUT2D eigenvalue weighted by molar-refractivity contribution is 7.09. The van der Waals surface area contributed by atoms with Gasteiger partial charge in [0.25, 0.3) is 5.91 Å². The van der Waals surface area contributed by atoms with E-state index in [-0.39, 0.29) is 18.6 Å². The van der Waals surface area contributed by atoms with E-state index in [1.54, 1.807) is 16.2 Å². The second kappa shape index (κ2) is 8.76. The molecule has 27 heavy (non-hydrogen) atoms. The molecule has 0 atom stereocenters. The van der Waals surface area contributed by atoms with Crippen molar-refractivity contribution in [1.82, 2.24) is 0 Å². The fourth-order valence-corrected chi connectivity index (χ4v) is 4.27. The maximum Gasteiger partial charge on any atom is 0.253 e.